The van der Waals surface area contributed by atoms with Gasteiger partial charge in [-0.1, -0.05) is 13.8 Å². The van der Waals surface area contributed by atoms with Crippen molar-refractivity contribution in [3.63, 3.8) is 0 Å². The van der Waals surface area contributed by atoms with Crippen LogP contribution in [0.25, 0.3) is 0 Å². The maximum absolute atomic E-state index is 12.4. The van der Waals surface area contributed by atoms with Crippen molar-refractivity contribution < 1.29 is 34.2 Å². The van der Waals surface area contributed by atoms with Crippen molar-refractivity contribution in [1.82, 2.24) is 16.0 Å². The molecule has 30 heavy (non-hydrogen) atoms. The molecule has 0 aromatic carbocycles. The Morgan fingerprint density at radius 3 is 2.07 bits per heavy atom. The number of carbonyl (C=O) groups excluding carboxylic acids is 3. The number of carbonyl (C=O) groups is 5. The molecule has 0 saturated carbocycles. The van der Waals surface area contributed by atoms with Gasteiger partial charge < -0.3 is 37.6 Å². The molecule has 3 atom stereocenters. The van der Waals surface area contributed by atoms with Crippen molar-refractivity contribution >= 4 is 29.7 Å². The van der Waals surface area contributed by atoms with E-state index in [1.165, 1.54) is 0 Å². The number of amides is 3. The summed E-state index contributed by atoms with van der Waals surface area (Å²) in [5.74, 6) is -4.59. The maximum Gasteiger partial charge on any atom is 0.326 e. The minimum absolute atomic E-state index is 0.00418. The van der Waals surface area contributed by atoms with Gasteiger partial charge in [-0.05, 0) is 38.1 Å². The zero-order valence-corrected chi connectivity index (χ0v) is 17.3. The number of rotatable bonds is 15. The largest absolute Gasteiger partial charge is 0.481 e. The summed E-state index contributed by atoms with van der Waals surface area (Å²) in [6.45, 7) is 3.56. The Bertz CT molecular complexity index is 612. The van der Waals surface area contributed by atoms with E-state index in [2.05, 4.69) is 16.0 Å². The molecule has 0 fully saturated rings. The van der Waals surface area contributed by atoms with Gasteiger partial charge in [0.25, 0.3) is 0 Å². The van der Waals surface area contributed by atoms with Gasteiger partial charge in [0.1, 0.15) is 12.1 Å². The molecule has 0 aliphatic heterocycles. The van der Waals surface area contributed by atoms with Gasteiger partial charge in [-0.25, -0.2) is 4.79 Å². The van der Waals surface area contributed by atoms with E-state index in [1.54, 1.807) is 0 Å². The second-order valence-corrected chi connectivity index (χ2v) is 7.36. The zero-order valence-electron chi connectivity index (χ0n) is 17.3. The third kappa shape index (κ3) is 12.0. The van der Waals surface area contributed by atoms with Crippen molar-refractivity contribution in [2.45, 2.75) is 64.1 Å². The molecule has 0 heterocycles. The van der Waals surface area contributed by atoms with Gasteiger partial charge in [-0.2, -0.15) is 0 Å². The van der Waals surface area contributed by atoms with E-state index >= 15 is 0 Å². The molecule has 3 unspecified atom stereocenters. The lowest BCUT2D eigenvalue weighted by molar-refractivity contribution is -0.142. The molecule has 0 spiro atoms. The monoisotopic (exact) mass is 431 g/mol. The second-order valence-electron chi connectivity index (χ2n) is 7.36. The average molecular weight is 431 g/mol. The summed E-state index contributed by atoms with van der Waals surface area (Å²) in [7, 11) is 0. The number of aliphatic carboxylic acids is 2. The summed E-state index contributed by atoms with van der Waals surface area (Å²) < 4.78 is 0. The van der Waals surface area contributed by atoms with Crippen molar-refractivity contribution in [3.05, 3.63) is 0 Å². The SMILES string of the molecule is CC(C)CC(NC(=O)C(N)CC(=O)O)C(=O)NCC(=O)NC(CCCCN)C(=O)O. The van der Waals surface area contributed by atoms with E-state index in [9.17, 15) is 24.0 Å². The van der Waals surface area contributed by atoms with Crippen molar-refractivity contribution in [1.29, 1.82) is 0 Å². The van der Waals surface area contributed by atoms with Gasteiger partial charge >= 0.3 is 11.9 Å². The fourth-order valence-corrected chi connectivity index (χ4v) is 2.55. The summed E-state index contributed by atoms with van der Waals surface area (Å²) >= 11 is 0. The van der Waals surface area contributed by atoms with Crippen molar-refractivity contribution in [2.75, 3.05) is 13.1 Å². The van der Waals surface area contributed by atoms with E-state index in [0.717, 1.165) is 0 Å². The Morgan fingerprint density at radius 1 is 0.933 bits per heavy atom. The van der Waals surface area contributed by atoms with E-state index in [1.807, 2.05) is 13.8 Å². The summed E-state index contributed by atoms with van der Waals surface area (Å²) in [6, 6.07) is -3.44. The first-order valence-electron chi connectivity index (χ1n) is 9.75. The summed E-state index contributed by atoms with van der Waals surface area (Å²) in [6.07, 6.45) is 0.997. The number of hydrogen-bond acceptors (Lipinski definition) is 7. The van der Waals surface area contributed by atoms with Crippen LogP contribution >= 0.6 is 0 Å². The molecule has 0 aliphatic carbocycles. The number of hydrogen-bond donors (Lipinski definition) is 7. The minimum Gasteiger partial charge on any atom is -0.481 e. The number of nitrogens with one attached hydrogen (secondary N) is 3. The highest BCUT2D eigenvalue weighted by atomic mass is 16.4. The van der Waals surface area contributed by atoms with E-state index in [-0.39, 0.29) is 18.8 Å². The molecule has 0 saturated heterocycles. The smallest absolute Gasteiger partial charge is 0.326 e. The normalized spacial score (nSPS) is 13.8. The number of carboxylic acid groups (broad SMARTS) is 2. The van der Waals surface area contributed by atoms with Crippen molar-refractivity contribution in [2.24, 2.45) is 17.4 Å². The molecule has 0 radical (unpaired) electrons. The minimum atomic E-state index is -1.32. The molecular formula is C18H33N5O7. The maximum atomic E-state index is 12.4. The van der Waals surface area contributed by atoms with Gasteiger partial charge in [0.15, 0.2) is 0 Å². The lowest BCUT2D eigenvalue weighted by Gasteiger charge is -2.22. The average Bonchev–Trinajstić information content (AvgIpc) is 2.63. The van der Waals surface area contributed by atoms with Gasteiger partial charge in [0, 0.05) is 0 Å². The molecule has 12 nitrogen and oxygen atoms in total. The lowest BCUT2D eigenvalue weighted by Crippen LogP contribution is -2.54. The standard InChI is InChI=1S/C18H33N5O7/c1-10(2)7-13(23-16(27)11(20)8-15(25)26)17(28)21-9-14(24)22-12(18(29)30)5-3-4-6-19/h10-13H,3-9,19-20H2,1-2H3,(H,21,28)(H,22,24)(H,23,27)(H,25,26)(H,29,30). The third-order valence-corrected chi connectivity index (χ3v) is 4.07. The van der Waals surface area contributed by atoms with Gasteiger partial charge in [0.05, 0.1) is 19.0 Å². The van der Waals surface area contributed by atoms with E-state index < -0.39 is 60.8 Å². The quantitative estimate of drug-likeness (QED) is 0.144. The number of carboxylic acids is 2. The van der Waals surface area contributed by atoms with Crippen LogP contribution in [0.1, 0.15) is 46.0 Å². The van der Waals surface area contributed by atoms with E-state index in [4.69, 9.17) is 21.7 Å². The summed E-state index contributed by atoms with van der Waals surface area (Å²) in [5.41, 5.74) is 10.9. The number of unbranched alkanes of at least 4 members (excludes halogenated alkanes) is 1. The highest BCUT2D eigenvalue weighted by molar-refractivity contribution is 5.93. The molecule has 0 aliphatic rings. The molecule has 0 aromatic heterocycles. The topological polar surface area (TPSA) is 214 Å². The van der Waals surface area contributed by atoms with Crippen LogP contribution in [0.15, 0.2) is 0 Å². The zero-order chi connectivity index (χ0) is 23.3. The van der Waals surface area contributed by atoms with Crippen LogP contribution in [-0.2, 0) is 24.0 Å². The van der Waals surface area contributed by atoms with Crippen LogP contribution in [0.2, 0.25) is 0 Å². The highest BCUT2D eigenvalue weighted by Gasteiger charge is 2.26. The van der Waals surface area contributed by atoms with Crippen LogP contribution < -0.4 is 27.4 Å². The second kappa shape index (κ2) is 14.3. The molecule has 3 amide bonds. The third-order valence-electron chi connectivity index (χ3n) is 4.07. The molecule has 0 rings (SSSR count). The summed E-state index contributed by atoms with van der Waals surface area (Å²) in [4.78, 5) is 58.3. The fourth-order valence-electron chi connectivity index (χ4n) is 2.55. The Morgan fingerprint density at radius 2 is 1.57 bits per heavy atom. The van der Waals surface area contributed by atoms with Crippen LogP contribution in [-0.4, -0.2) is 71.1 Å². The van der Waals surface area contributed by atoms with Crippen LogP contribution in [0, 0.1) is 5.92 Å². The Balaban J connectivity index is 4.79. The van der Waals surface area contributed by atoms with Crippen LogP contribution in [0.4, 0.5) is 0 Å². The number of nitrogens with two attached hydrogens (primary N) is 2. The van der Waals surface area contributed by atoms with Crippen LogP contribution in [0.3, 0.4) is 0 Å². The van der Waals surface area contributed by atoms with E-state index in [0.29, 0.717) is 19.4 Å². The fraction of sp³-hybridized carbons (Fsp3) is 0.722. The lowest BCUT2D eigenvalue weighted by atomic mass is 10.0. The van der Waals surface area contributed by atoms with Crippen LogP contribution in [0.5, 0.6) is 0 Å². The van der Waals surface area contributed by atoms with Crippen molar-refractivity contribution in [3.8, 4) is 0 Å². The summed E-state index contributed by atoms with van der Waals surface area (Å²) in [5, 5.41) is 24.9. The molecule has 9 N–H and O–H groups in total. The Labute approximate surface area is 175 Å². The molecular weight excluding hydrogens is 398 g/mol. The van der Waals surface area contributed by atoms with Gasteiger partial charge in [-0.3, -0.25) is 19.2 Å². The predicted octanol–water partition coefficient (Wildman–Crippen LogP) is -1.87. The molecule has 172 valence electrons. The first kappa shape index (κ1) is 27.3. The highest BCUT2D eigenvalue weighted by Crippen LogP contribution is 2.06. The van der Waals surface area contributed by atoms with Gasteiger partial charge in [-0.15, -0.1) is 0 Å². The molecule has 12 heteroatoms. The molecule has 0 aromatic rings. The first-order valence-corrected chi connectivity index (χ1v) is 9.75. The Kier molecular flexibility index (Phi) is 13.0. The Hall–Kier alpha value is -2.73. The first-order chi connectivity index (χ1) is 14.0. The van der Waals surface area contributed by atoms with Gasteiger partial charge in [0.2, 0.25) is 17.7 Å². The predicted molar refractivity (Wildman–Crippen MR) is 107 cm³/mol. The molecule has 0 bridgehead atoms.